The van der Waals surface area contributed by atoms with Gasteiger partial charge in [-0.2, -0.15) is 5.26 Å². The maximum Gasteiger partial charge on any atom is 0.360 e. The third kappa shape index (κ3) is 3.42. The van der Waals surface area contributed by atoms with E-state index < -0.39 is 5.97 Å². The number of rotatable bonds is 5. The Bertz CT molecular complexity index is 583. The largest absolute Gasteiger partial charge is 0.459 e. The summed E-state index contributed by atoms with van der Waals surface area (Å²) in [7, 11) is 0. The van der Waals surface area contributed by atoms with Crippen LogP contribution in [0.4, 0.5) is 0 Å². The molecule has 2 aromatic heterocycles. The average molecular weight is 276 g/mol. The minimum atomic E-state index is -0.558. The molecular weight excluding hydrogens is 264 g/mol. The highest BCUT2D eigenvalue weighted by Gasteiger charge is 2.18. The number of aromatic nitrogens is 1. The summed E-state index contributed by atoms with van der Waals surface area (Å²) in [5.41, 5.74) is 0.160. The van der Waals surface area contributed by atoms with Gasteiger partial charge >= 0.3 is 5.97 Å². The van der Waals surface area contributed by atoms with Gasteiger partial charge in [0.15, 0.2) is 12.1 Å². The zero-order chi connectivity index (χ0) is 13.7. The molecule has 0 aliphatic rings. The Morgan fingerprint density at radius 3 is 3.11 bits per heavy atom. The van der Waals surface area contributed by atoms with Gasteiger partial charge in [0.2, 0.25) is 0 Å². The molecule has 0 unspecified atom stereocenters. The van der Waals surface area contributed by atoms with Crippen molar-refractivity contribution in [2.45, 2.75) is 13.3 Å². The molecule has 0 amide bonds. The first kappa shape index (κ1) is 13.3. The van der Waals surface area contributed by atoms with Crippen molar-refractivity contribution in [2.24, 2.45) is 5.92 Å². The normalized spacial score (nSPS) is 11.8. The number of esters is 1. The lowest BCUT2D eigenvalue weighted by molar-refractivity contribution is 0.0460. The Morgan fingerprint density at radius 2 is 2.53 bits per heavy atom. The molecule has 0 radical (unpaired) electrons. The molecule has 5 nitrogen and oxygen atoms in total. The molecule has 0 N–H and O–H groups in total. The number of nitrogens with zero attached hydrogens (tertiary/aromatic N) is 2. The van der Waals surface area contributed by atoms with Crippen LogP contribution in [-0.2, 0) is 11.2 Å². The van der Waals surface area contributed by atoms with Gasteiger partial charge in [-0.25, -0.2) is 9.78 Å². The fourth-order valence-corrected chi connectivity index (χ4v) is 2.35. The molecule has 1 atom stereocenters. The first-order valence-corrected chi connectivity index (χ1v) is 6.58. The fourth-order valence-electron chi connectivity index (χ4n) is 1.56. The van der Waals surface area contributed by atoms with Crippen molar-refractivity contribution in [1.29, 1.82) is 5.26 Å². The molecule has 0 aliphatic heterocycles. The maximum atomic E-state index is 11.7. The molecule has 0 aliphatic carbocycles. The molecule has 19 heavy (non-hydrogen) atoms. The smallest absolute Gasteiger partial charge is 0.360 e. The Hall–Kier alpha value is -2.13. The van der Waals surface area contributed by atoms with E-state index in [9.17, 15) is 4.79 Å². The Labute approximate surface area is 114 Å². The van der Waals surface area contributed by atoms with E-state index in [0.717, 1.165) is 4.88 Å². The lowest BCUT2D eigenvalue weighted by Crippen LogP contribution is -2.15. The highest BCUT2D eigenvalue weighted by molar-refractivity contribution is 7.09. The van der Waals surface area contributed by atoms with E-state index in [1.54, 1.807) is 18.3 Å². The van der Waals surface area contributed by atoms with Crippen LogP contribution in [0.5, 0.6) is 0 Å². The van der Waals surface area contributed by atoms with Crippen molar-refractivity contribution in [3.8, 4) is 6.07 Å². The second-order valence-corrected chi connectivity index (χ2v) is 5.00. The summed E-state index contributed by atoms with van der Waals surface area (Å²) in [6, 6.07) is 6.03. The van der Waals surface area contributed by atoms with Crippen molar-refractivity contribution < 1.29 is 13.9 Å². The second kappa shape index (κ2) is 6.16. The number of carbonyl (C=O) groups is 1. The zero-order valence-electron chi connectivity index (χ0n) is 10.3. The summed E-state index contributed by atoms with van der Waals surface area (Å²) < 4.78 is 10.0. The Kier molecular flexibility index (Phi) is 4.31. The quantitative estimate of drug-likeness (QED) is 0.784. The third-order valence-corrected chi connectivity index (χ3v) is 3.46. The molecule has 2 aromatic rings. The van der Waals surface area contributed by atoms with Crippen molar-refractivity contribution in [2.75, 3.05) is 6.61 Å². The highest BCUT2D eigenvalue weighted by Crippen LogP contribution is 2.15. The van der Waals surface area contributed by atoms with E-state index in [1.807, 2.05) is 17.5 Å². The van der Waals surface area contributed by atoms with Crippen LogP contribution in [0.15, 0.2) is 28.3 Å². The molecule has 6 heteroatoms. The summed E-state index contributed by atoms with van der Waals surface area (Å²) in [5, 5.41) is 11.0. The molecular formula is C13H12N2O3S. The van der Waals surface area contributed by atoms with Crippen LogP contribution in [0.3, 0.4) is 0 Å². The van der Waals surface area contributed by atoms with Crippen LogP contribution in [0.1, 0.15) is 21.1 Å². The molecule has 0 fully saturated rings. The van der Waals surface area contributed by atoms with Gasteiger partial charge in [0.05, 0.1) is 12.0 Å². The van der Waals surface area contributed by atoms with Crippen molar-refractivity contribution in [1.82, 2.24) is 4.98 Å². The lowest BCUT2D eigenvalue weighted by atomic mass is 10.1. The minimum Gasteiger partial charge on any atom is -0.459 e. The Morgan fingerprint density at radius 1 is 1.68 bits per heavy atom. The molecule has 98 valence electrons. The van der Waals surface area contributed by atoms with Gasteiger partial charge in [-0.1, -0.05) is 6.07 Å². The summed E-state index contributed by atoms with van der Waals surface area (Å²) in [5.74, 6) is -0.496. The monoisotopic (exact) mass is 276 g/mol. The number of ether oxygens (including phenoxy) is 1. The molecule has 0 aromatic carbocycles. The van der Waals surface area contributed by atoms with Crippen LogP contribution in [0.2, 0.25) is 0 Å². The first-order valence-electron chi connectivity index (χ1n) is 5.70. The maximum absolute atomic E-state index is 11.7. The standard InChI is InChI=1S/C13H12N2O3S/c1-9-12(15-8-18-9)13(16)17-7-10(6-14)5-11-3-2-4-19-11/h2-4,8,10H,5,7H2,1H3/t10-/m0/s1. The van der Waals surface area contributed by atoms with Crippen LogP contribution in [0, 0.1) is 24.2 Å². The minimum absolute atomic E-state index is 0.0551. The number of carbonyl (C=O) groups excluding carboxylic acids is 1. The second-order valence-electron chi connectivity index (χ2n) is 3.97. The summed E-state index contributed by atoms with van der Waals surface area (Å²) >= 11 is 1.58. The predicted molar refractivity (Wildman–Crippen MR) is 68.6 cm³/mol. The number of hydrogen-bond donors (Lipinski definition) is 0. The van der Waals surface area contributed by atoms with Crippen molar-refractivity contribution in [3.05, 3.63) is 40.2 Å². The van der Waals surface area contributed by atoms with Gasteiger partial charge < -0.3 is 9.15 Å². The van der Waals surface area contributed by atoms with Crippen LogP contribution >= 0.6 is 11.3 Å². The molecule has 2 rings (SSSR count). The lowest BCUT2D eigenvalue weighted by Gasteiger charge is -2.08. The van der Waals surface area contributed by atoms with E-state index >= 15 is 0 Å². The van der Waals surface area contributed by atoms with E-state index in [0.29, 0.717) is 12.2 Å². The first-order chi connectivity index (χ1) is 9.20. The SMILES string of the molecule is Cc1ocnc1C(=O)OC[C@H](C#N)Cc1cccs1. The van der Waals surface area contributed by atoms with Gasteiger partial charge in [-0.15, -0.1) is 11.3 Å². The highest BCUT2D eigenvalue weighted by atomic mass is 32.1. The van der Waals surface area contributed by atoms with Gasteiger partial charge in [0.25, 0.3) is 0 Å². The summed E-state index contributed by atoms with van der Waals surface area (Å²) in [6.07, 6.45) is 1.78. The van der Waals surface area contributed by atoms with Gasteiger partial charge in [0, 0.05) is 11.3 Å². The number of hydrogen-bond acceptors (Lipinski definition) is 6. The number of thiophene rings is 1. The topological polar surface area (TPSA) is 76.1 Å². The van der Waals surface area contributed by atoms with Gasteiger partial charge in [-0.3, -0.25) is 0 Å². The number of nitriles is 1. The van der Waals surface area contributed by atoms with E-state index in [-0.39, 0.29) is 18.2 Å². The third-order valence-electron chi connectivity index (χ3n) is 2.56. The van der Waals surface area contributed by atoms with E-state index in [4.69, 9.17) is 14.4 Å². The summed E-state index contributed by atoms with van der Waals surface area (Å²) in [6.45, 7) is 1.69. The number of aryl methyl sites for hydroxylation is 1. The molecule has 0 bridgehead atoms. The van der Waals surface area contributed by atoms with Crippen molar-refractivity contribution >= 4 is 17.3 Å². The van der Waals surface area contributed by atoms with Crippen LogP contribution < -0.4 is 0 Å². The molecule has 0 saturated carbocycles. The van der Waals surface area contributed by atoms with E-state index in [1.165, 1.54) is 6.39 Å². The molecule has 0 saturated heterocycles. The predicted octanol–water partition coefficient (Wildman–Crippen LogP) is 2.58. The molecule has 2 heterocycles. The van der Waals surface area contributed by atoms with Gasteiger partial charge in [0.1, 0.15) is 12.4 Å². The van der Waals surface area contributed by atoms with Crippen molar-refractivity contribution in [3.63, 3.8) is 0 Å². The Balaban J connectivity index is 1.88. The van der Waals surface area contributed by atoms with Gasteiger partial charge in [-0.05, 0) is 18.4 Å². The average Bonchev–Trinajstić information content (AvgIpc) is 3.05. The fraction of sp³-hybridized carbons (Fsp3) is 0.308. The zero-order valence-corrected chi connectivity index (χ0v) is 11.1. The summed E-state index contributed by atoms with van der Waals surface area (Å²) in [4.78, 5) is 16.6. The van der Waals surface area contributed by atoms with Crippen LogP contribution in [-0.4, -0.2) is 17.6 Å². The molecule has 0 spiro atoms. The van der Waals surface area contributed by atoms with E-state index in [2.05, 4.69) is 11.1 Å². The van der Waals surface area contributed by atoms with Crippen LogP contribution in [0.25, 0.3) is 0 Å². The number of oxazole rings is 1.